The number of nitrogens with one attached hydrogen (secondary N) is 1. The fraction of sp³-hybridized carbons (Fsp3) is 0.0500. The molecule has 6 nitrogen and oxygen atoms in total. The van der Waals surface area contributed by atoms with E-state index in [1.54, 1.807) is 0 Å². The molecule has 0 bridgehead atoms. The number of carbonyl (C=O) groups excluding carboxylic acids is 2. The Morgan fingerprint density at radius 2 is 1.79 bits per heavy atom. The van der Waals surface area contributed by atoms with Gasteiger partial charge in [-0.1, -0.05) is 17.7 Å². The third kappa shape index (κ3) is 5.05. The number of carbonyl (C=O) groups is 2. The third-order valence-corrected chi connectivity index (χ3v) is 4.08. The summed E-state index contributed by atoms with van der Waals surface area (Å²) in [7, 11) is 0. The number of anilines is 1. The molecular weight excluding hydrogens is 404 g/mol. The van der Waals surface area contributed by atoms with E-state index in [1.807, 2.05) is 0 Å². The lowest BCUT2D eigenvalue weighted by molar-refractivity contribution is -0.127. The first-order chi connectivity index (χ1) is 13.8. The molecule has 1 unspecified atom stereocenters. The van der Waals surface area contributed by atoms with Gasteiger partial charge in [0, 0.05) is 18.0 Å². The highest BCUT2D eigenvalue weighted by molar-refractivity contribution is 6.29. The Labute approximate surface area is 169 Å². The molecule has 1 atom stereocenters. The van der Waals surface area contributed by atoms with Gasteiger partial charge in [-0.25, -0.2) is 13.8 Å². The summed E-state index contributed by atoms with van der Waals surface area (Å²) >= 11 is 5.76. The van der Waals surface area contributed by atoms with Crippen molar-refractivity contribution in [2.45, 2.75) is 5.92 Å². The first-order valence-corrected chi connectivity index (χ1v) is 8.66. The summed E-state index contributed by atoms with van der Waals surface area (Å²) in [5, 5.41) is 2.62. The number of nitrogens with zero attached hydrogens (tertiary/aromatic N) is 1. The molecule has 29 heavy (non-hydrogen) atoms. The van der Waals surface area contributed by atoms with Gasteiger partial charge in [-0.2, -0.15) is 0 Å². The Morgan fingerprint density at radius 1 is 1.07 bits per heavy atom. The van der Waals surface area contributed by atoms with Gasteiger partial charge in [-0.3, -0.25) is 9.59 Å². The molecule has 0 aliphatic rings. The van der Waals surface area contributed by atoms with E-state index in [2.05, 4.69) is 10.3 Å². The maximum atomic E-state index is 14.5. The number of benzene rings is 2. The van der Waals surface area contributed by atoms with Crippen molar-refractivity contribution in [3.05, 3.63) is 83.1 Å². The predicted molar refractivity (Wildman–Crippen MR) is 103 cm³/mol. The highest BCUT2D eigenvalue weighted by Gasteiger charge is 2.27. The van der Waals surface area contributed by atoms with Gasteiger partial charge < -0.3 is 15.8 Å². The van der Waals surface area contributed by atoms with E-state index in [9.17, 15) is 18.4 Å². The molecule has 9 heteroatoms. The van der Waals surface area contributed by atoms with Crippen molar-refractivity contribution in [2.75, 3.05) is 5.32 Å². The molecule has 0 aliphatic carbocycles. The summed E-state index contributed by atoms with van der Waals surface area (Å²) < 4.78 is 32.9. The van der Waals surface area contributed by atoms with Crippen LogP contribution in [-0.4, -0.2) is 16.8 Å². The van der Waals surface area contributed by atoms with E-state index in [4.69, 9.17) is 22.1 Å². The summed E-state index contributed by atoms with van der Waals surface area (Å²) in [5.74, 6) is -4.38. The van der Waals surface area contributed by atoms with E-state index < -0.39 is 29.4 Å². The number of rotatable bonds is 6. The Balaban J connectivity index is 1.82. The zero-order valence-electron chi connectivity index (χ0n) is 14.7. The van der Waals surface area contributed by atoms with Crippen LogP contribution in [-0.2, 0) is 9.59 Å². The Morgan fingerprint density at radius 3 is 2.41 bits per heavy atom. The van der Waals surface area contributed by atoms with Gasteiger partial charge in [-0.05, 0) is 48.0 Å². The van der Waals surface area contributed by atoms with E-state index in [0.29, 0.717) is 0 Å². The van der Waals surface area contributed by atoms with Crippen molar-refractivity contribution in [3.8, 4) is 11.5 Å². The first kappa shape index (κ1) is 20.2. The van der Waals surface area contributed by atoms with E-state index in [-0.39, 0.29) is 27.9 Å². The number of nitrogens with two attached hydrogens (primary N) is 1. The van der Waals surface area contributed by atoms with Crippen LogP contribution in [0.1, 0.15) is 11.5 Å². The highest BCUT2D eigenvalue weighted by atomic mass is 35.5. The zero-order chi connectivity index (χ0) is 21.0. The quantitative estimate of drug-likeness (QED) is 0.468. The van der Waals surface area contributed by atoms with Gasteiger partial charge in [0.25, 0.3) is 0 Å². The molecule has 3 rings (SSSR count). The van der Waals surface area contributed by atoms with E-state index >= 15 is 0 Å². The smallest absolute Gasteiger partial charge is 0.241 e. The number of pyridine rings is 1. The lowest BCUT2D eigenvalue weighted by atomic mass is 9.97. The summed E-state index contributed by atoms with van der Waals surface area (Å²) in [4.78, 5) is 28.1. The molecule has 0 saturated carbocycles. The van der Waals surface area contributed by atoms with Crippen molar-refractivity contribution in [2.24, 2.45) is 5.73 Å². The largest absolute Gasteiger partial charge is 0.454 e. The van der Waals surface area contributed by atoms with Crippen LogP contribution in [0.4, 0.5) is 14.5 Å². The summed E-state index contributed by atoms with van der Waals surface area (Å²) in [6.07, 6.45) is 1.40. The monoisotopic (exact) mass is 417 g/mol. The van der Waals surface area contributed by atoms with Gasteiger partial charge in [-0.15, -0.1) is 0 Å². The minimum absolute atomic E-state index is 0.0368. The minimum atomic E-state index is -1.46. The van der Waals surface area contributed by atoms with Crippen molar-refractivity contribution >= 4 is 29.1 Å². The Hall–Kier alpha value is -3.52. The minimum Gasteiger partial charge on any atom is -0.454 e. The van der Waals surface area contributed by atoms with Crippen molar-refractivity contribution in [1.29, 1.82) is 0 Å². The SMILES string of the molecule is NC(=O)C(C(=O)Nc1ccc(F)cc1)c1ccc(Oc2ccnc(Cl)c2)c(F)c1. The molecule has 3 aromatic rings. The number of halogens is 3. The molecule has 0 saturated heterocycles. The molecule has 1 aromatic heterocycles. The van der Waals surface area contributed by atoms with Crippen LogP contribution in [0.15, 0.2) is 60.8 Å². The maximum absolute atomic E-state index is 14.5. The van der Waals surface area contributed by atoms with Crippen LogP contribution in [0.5, 0.6) is 11.5 Å². The fourth-order valence-electron chi connectivity index (χ4n) is 2.55. The zero-order valence-corrected chi connectivity index (χ0v) is 15.5. The van der Waals surface area contributed by atoms with Crippen LogP contribution >= 0.6 is 11.6 Å². The van der Waals surface area contributed by atoms with Gasteiger partial charge in [0.05, 0.1) is 0 Å². The number of hydrogen-bond acceptors (Lipinski definition) is 4. The Bertz CT molecular complexity index is 1060. The average molecular weight is 418 g/mol. The van der Waals surface area contributed by atoms with Crippen LogP contribution in [0.2, 0.25) is 5.15 Å². The standard InChI is InChI=1S/C20H14ClF2N3O3/c21-17-10-14(7-8-25-17)29-16-6-1-11(9-15(16)23)18(19(24)27)20(28)26-13-4-2-12(22)3-5-13/h1-10,18H,(H2,24,27)(H,26,28). The number of amides is 2. The van der Waals surface area contributed by atoms with Gasteiger partial charge >= 0.3 is 0 Å². The molecule has 148 valence electrons. The second-order valence-electron chi connectivity index (χ2n) is 5.94. The van der Waals surface area contributed by atoms with E-state index in [0.717, 1.165) is 18.2 Å². The second kappa shape index (κ2) is 8.66. The van der Waals surface area contributed by atoms with Crippen LogP contribution in [0.25, 0.3) is 0 Å². The molecule has 3 N–H and O–H groups in total. The summed E-state index contributed by atoms with van der Waals surface area (Å²) in [5.41, 5.74) is 5.64. The molecule has 2 amide bonds. The lowest BCUT2D eigenvalue weighted by Gasteiger charge is -2.15. The molecule has 0 radical (unpaired) electrons. The third-order valence-electron chi connectivity index (χ3n) is 3.87. The number of hydrogen-bond donors (Lipinski definition) is 2. The fourth-order valence-corrected chi connectivity index (χ4v) is 2.71. The summed E-state index contributed by atoms with van der Waals surface area (Å²) in [6.45, 7) is 0. The second-order valence-corrected chi connectivity index (χ2v) is 6.32. The number of aromatic nitrogens is 1. The predicted octanol–water partition coefficient (Wildman–Crippen LogP) is 4.01. The molecule has 2 aromatic carbocycles. The van der Waals surface area contributed by atoms with Gasteiger partial charge in [0.15, 0.2) is 11.6 Å². The molecular formula is C20H14ClF2N3O3. The molecule has 0 aliphatic heterocycles. The first-order valence-electron chi connectivity index (χ1n) is 8.28. The Kier molecular flexibility index (Phi) is 6.04. The van der Waals surface area contributed by atoms with Crippen LogP contribution in [0, 0.1) is 11.6 Å². The highest BCUT2D eigenvalue weighted by Crippen LogP contribution is 2.29. The van der Waals surface area contributed by atoms with Crippen molar-refractivity contribution < 1.29 is 23.1 Å². The number of primary amides is 1. The van der Waals surface area contributed by atoms with Crippen LogP contribution < -0.4 is 15.8 Å². The topological polar surface area (TPSA) is 94.3 Å². The van der Waals surface area contributed by atoms with Crippen molar-refractivity contribution in [1.82, 2.24) is 4.98 Å². The van der Waals surface area contributed by atoms with E-state index in [1.165, 1.54) is 42.6 Å². The summed E-state index contributed by atoms with van der Waals surface area (Å²) in [6, 6.07) is 11.4. The average Bonchev–Trinajstić information content (AvgIpc) is 2.66. The molecule has 0 fully saturated rings. The van der Waals surface area contributed by atoms with Crippen molar-refractivity contribution in [3.63, 3.8) is 0 Å². The maximum Gasteiger partial charge on any atom is 0.241 e. The van der Waals surface area contributed by atoms with Gasteiger partial charge in [0.1, 0.15) is 22.6 Å². The number of ether oxygens (including phenoxy) is 1. The molecule has 1 heterocycles. The molecule has 0 spiro atoms. The normalized spacial score (nSPS) is 11.6. The van der Waals surface area contributed by atoms with Gasteiger partial charge in [0.2, 0.25) is 11.8 Å². The van der Waals surface area contributed by atoms with Crippen LogP contribution in [0.3, 0.4) is 0 Å². The lowest BCUT2D eigenvalue weighted by Crippen LogP contribution is -2.32.